The van der Waals surface area contributed by atoms with Crippen molar-refractivity contribution in [2.75, 3.05) is 13.1 Å². The van der Waals surface area contributed by atoms with Gasteiger partial charge in [-0.15, -0.1) is 0 Å². The van der Waals surface area contributed by atoms with Gasteiger partial charge in [0.25, 0.3) is 0 Å². The van der Waals surface area contributed by atoms with Crippen LogP contribution in [-0.4, -0.2) is 24.9 Å². The molecule has 19 heavy (non-hydrogen) atoms. The molecule has 0 saturated carbocycles. The Bertz CT molecular complexity index is 450. The molecule has 0 aliphatic carbocycles. The number of alkyl halides is 5. The summed E-state index contributed by atoms with van der Waals surface area (Å²) in [7, 11) is 0. The molecule has 0 radical (unpaired) electrons. The van der Waals surface area contributed by atoms with Crippen LogP contribution in [0.15, 0.2) is 24.3 Å². The summed E-state index contributed by atoms with van der Waals surface area (Å²) in [5, 5.41) is 2.98. The molecular weight excluding hydrogens is 269 g/mol. The molecule has 0 amide bonds. The van der Waals surface area contributed by atoms with E-state index in [2.05, 4.69) is 5.32 Å². The fourth-order valence-corrected chi connectivity index (χ4v) is 1.73. The Kier molecular flexibility index (Phi) is 3.20. The molecule has 106 valence electrons. The van der Waals surface area contributed by atoms with Crippen molar-refractivity contribution in [3.05, 3.63) is 29.8 Å². The van der Waals surface area contributed by atoms with Gasteiger partial charge in [0.15, 0.2) is 0 Å². The standard InChI is InChI=1S/C12H12F5NO/c1-10(6-18-7-10)19-9-4-2-8(3-5-9)11(13,14)12(15,16)17/h2-5,18H,6-7H2,1H3. The molecule has 7 heteroatoms. The van der Waals surface area contributed by atoms with Crippen LogP contribution < -0.4 is 10.1 Å². The molecule has 1 N–H and O–H groups in total. The molecule has 2 nitrogen and oxygen atoms in total. The smallest absolute Gasteiger partial charge is 0.458 e. The van der Waals surface area contributed by atoms with E-state index in [0.29, 0.717) is 13.1 Å². The Balaban J connectivity index is 2.14. The first-order chi connectivity index (χ1) is 8.64. The summed E-state index contributed by atoms with van der Waals surface area (Å²) >= 11 is 0. The van der Waals surface area contributed by atoms with Crippen LogP contribution in [-0.2, 0) is 5.92 Å². The van der Waals surface area contributed by atoms with Crippen LogP contribution in [0, 0.1) is 0 Å². The van der Waals surface area contributed by atoms with Crippen LogP contribution in [0.4, 0.5) is 22.0 Å². The van der Waals surface area contributed by atoms with Gasteiger partial charge in [0.05, 0.1) is 0 Å². The van der Waals surface area contributed by atoms with Crippen molar-refractivity contribution in [3.8, 4) is 5.75 Å². The van der Waals surface area contributed by atoms with Gasteiger partial charge in [-0.1, -0.05) is 0 Å². The van der Waals surface area contributed by atoms with Gasteiger partial charge in [0, 0.05) is 18.7 Å². The molecule has 0 spiro atoms. The third-order valence-electron chi connectivity index (χ3n) is 2.94. The molecule has 0 unspecified atom stereocenters. The Morgan fingerprint density at radius 2 is 1.58 bits per heavy atom. The van der Waals surface area contributed by atoms with Crippen molar-refractivity contribution < 1.29 is 26.7 Å². The second kappa shape index (κ2) is 4.33. The Hall–Kier alpha value is -1.37. The molecule has 1 saturated heterocycles. The van der Waals surface area contributed by atoms with Crippen molar-refractivity contribution in [3.63, 3.8) is 0 Å². The fraction of sp³-hybridized carbons (Fsp3) is 0.500. The first-order valence-corrected chi connectivity index (χ1v) is 5.59. The van der Waals surface area contributed by atoms with Gasteiger partial charge < -0.3 is 10.1 Å². The first kappa shape index (κ1) is 14.0. The highest BCUT2D eigenvalue weighted by Crippen LogP contribution is 2.44. The van der Waals surface area contributed by atoms with E-state index >= 15 is 0 Å². The SMILES string of the molecule is CC1(Oc2ccc(C(F)(F)C(F)(F)F)cc2)CNC1. The van der Waals surface area contributed by atoms with Crippen molar-refractivity contribution >= 4 is 0 Å². The molecule has 1 fully saturated rings. The third-order valence-corrected chi connectivity index (χ3v) is 2.94. The average molecular weight is 281 g/mol. The van der Waals surface area contributed by atoms with Gasteiger partial charge in [0.2, 0.25) is 0 Å². The molecule has 1 heterocycles. The second-order valence-corrected chi connectivity index (χ2v) is 4.75. The third kappa shape index (κ3) is 2.65. The number of benzene rings is 1. The summed E-state index contributed by atoms with van der Waals surface area (Å²) < 4.78 is 68.1. The lowest BCUT2D eigenvalue weighted by molar-refractivity contribution is -0.289. The second-order valence-electron chi connectivity index (χ2n) is 4.75. The molecule has 0 aromatic heterocycles. The Morgan fingerprint density at radius 1 is 1.05 bits per heavy atom. The predicted octanol–water partition coefficient (Wildman–Crippen LogP) is 3.08. The summed E-state index contributed by atoms with van der Waals surface area (Å²) in [6.45, 7) is 3.03. The zero-order valence-corrected chi connectivity index (χ0v) is 10.0. The van der Waals surface area contributed by atoms with E-state index in [1.165, 1.54) is 0 Å². The fourth-order valence-electron chi connectivity index (χ4n) is 1.73. The molecule has 0 atom stereocenters. The van der Waals surface area contributed by atoms with E-state index in [4.69, 9.17) is 4.74 Å². The maximum absolute atomic E-state index is 13.0. The highest BCUT2D eigenvalue weighted by molar-refractivity contribution is 5.31. The van der Waals surface area contributed by atoms with Gasteiger partial charge >= 0.3 is 12.1 Å². The van der Waals surface area contributed by atoms with Gasteiger partial charge in [-0.2, -0.15) is 22.0 Å². The van der Waals surface area contributed by atoms with Crippen LogP contribution >= 0.6 is 0 Å². The maximum atomic E-state index is 13.0. The maximum Gasteiger partial charge on any atom is 0.458 e. The lowest BCUT2D eigenvalue weighted by Gasteiger charge is -2.39. The zero-order valence-electron chi connectivity index (χ0n) is 10.0. The summed E-state index contributed by atoms with van der Waals surface area (Å²) in [5.41, 5.74) is -1.53. The lowest BCUT2D eigenvalue weighted by Crippen LogP contribution is -2.61. The van der Waals surface area contributed by atoms with E-state index in [1.807, 2.05) is 6.92 Å². The number of nitrogens with one attached hydrogen (secondary N) is 1. The molecule has 1 aromatic rings. The molecule has 0 bridgehead atoms. The largest absolute Gasteiger partial charge is 0.485 e. The minimum atomic E-state index is -5.60. The minimum Gasteiger partial charge on any atom is -0.485 e. The quantitative estimate of drug-likeness (QED) is 0.860. The molecular formula is C12H12F5NO. The number of hydrogen-bond acceptors (Lipinski definition) is 2. The van der Waals surface area contributed by atoms with E-state index in [-0.39, 0.29) is 5.75 Å². The average Bonchev–Trinajstić information content (AvgIpc) is 2.26. The molecule has 1 aromatic carbocycles. The number of rotatable bonds is 3. The van der Waals surface area contributed by atoms with Crippen molar-refractivity contribution in [2.24, 2.45) is 0 Å². The van der Waals surface area contributed by atoms with E-state index in [9.17, 15) is 22.0 Å². The molecule has 2 rings (SSSR count). The summed E-state index contributed by atoms with van der Waals surface area (Å²) in [6, 6.07) is 3.72. The monoisotopic (exact) mass is 281 g/mol. The highest BCUT2D eigenvalue weighted by atomic mass is 19.4. The minimum absolute atomic E-state index is 0.269. The topological polar surface area (TPSA) is 21.3 Å². The van der Waals surface area contributed by atoms with Gasteiger partial charge in [-0.25, -0.2) is 0 Å². The van der Waals surface area contributed by atoms with Crippen molar-refractivity contribution in [2.45, 2.75) is 24.6 Å². The number of hydrogen-bond donors (Lipinski definition) is 1. The molecule has 1 aliphatic heterocycles. The Labute approximate surface area is 106 Å². The van der Waals surface area contributed by atoms with Crippen LogP contribution in [0.5, 0.6) is 5.75 Å². The van der Waals surface area contributed by atoms with Crippen LogP contribution in [0.3, 0.4) is 0 Å². The Morgan fingerprint density at radius 3 is 1.95 bits per heavy atom. The predicted molar refractivity (Wildman–Crippen MR) is 58.3 cm³/mol. The normalized spacial score (nSPS) is 18.8. The van der Waals surface area contributed by atoms with Crippen LogP contribution in [0.25, 0.3) is 0 Å². The lowest BCUT2D eigenvalue weighted by atomic mass is 10.00. The van der Waals surface area contributed by atoms with Crippen LogP contribution in [0.1, 0.15) is 12.5 Å². The van der Waals surface area contributed by atoms with Crippen LogP contribution in [0.2, 0.25) is 0 Å². The first-order valence-electron chi connectivity index (χ1n) is 5.59. The van der Waals surface area contributed by atoms with Gasteiger partial charge in [-0.05, 0) is 31.2 Å². The number of halogens is 5. The highest BCUT2D eigenvalue weighted by Gasteiger charge is 2.58. The van der Waals surface area contributed by atoms with Gasteiger partial charge in [-0.3, -0.25) is 0 Å². The molecule has 1 aliphatic rings. The van der Waals surface area contributed by atoms with Crippen molar-refractivity contribution in [1.82, 2.24) is 5.32 Å². The van der Waals surface area contributed by atoms with E-state index in [0.717, 1.165) is 24.3 Å². The summed E-state index contributed by atoms with van der Waals surface area (Å²) in [4.78, 5) is 0. The van der Waals surface area contributed by atoms with Gasteiger partial charge in [0.1, 0.15) is 11.4 Å². The van der Waals surface area contributed by atoms with E-state index in [1.54, 1.807) is 0 Å². The van der Waals surface area contributed by atoms with E-state index < -0.39 is 23.3 Å². The van der Waals surface area contributed by atoms with Crippen molar-refractivity contribution in [1.29, 1.82) is 0 Å². The number of ether oxygens (including phenoxy) is 1. The summed E-state index contributed by atoms with van der Waals surface area (Å²) in [6.07, 6.45) is -5.60. The zero-order chi connectivity index (χ0) is 14.3. The summed E-state index contributed by atoms with van der Waals surface area (Å²) in [5.74, 6) is -4.58.